The topological polar surface area (TPSA) is 90.7 Å². The molecule has 0 bridgehead atoms. The highest BCUT2D eigenvalue weighted by molar-refractivity contribution is 8.26. The van der Waals surface area contributed by atoms with Gasteiger partial charge in [0.2, 0.25) is 0 Å². The molecule has 0 spiro atoms. The summed E-state index contributed by atoms with van der Waals surface area (Å²) in [5, 5.41) is 3.01. The Morgan fingerprint density at radius 1 is 1.27 bits per heavy atom. The molecule has 1 saturated heterocycles. The monoisotopic (exact) mass is 484 g/mol. The second-order valence-electron chi connectivity index (χ2n) is 6.12. The number of benzene rings is 2. The number of hydrogen-bond acceptors (Lipinski definition) is 7. The van der Waals surface area contributed by atoms with Crippen molar-refractivity contribution in [3.05, 3.63) is 63.5 Å². The number of hydrogen-bond donors (Lipinski definition) is 2. The molecule has 0 radical (unpaired) electrons. The Morgan fingerprint density at radius 3 is 2.50 bits per heavy atom. The Hall–Kier alpha value is -2.10. The second-order valence-corrected chi connectivity index (χ2v) is 8.24. The third-order valence-corrected chi connectivity index (χ3v) is 5.51. The van der Waals surface area contributed by atoms with Crippen molar-refractivity contribution in [2.75, 3.05) is 7.11 Å². The Kier molecular flexibility index (Phi) is 8.69. The molecule has 10 heteroatoms. The zero-order valence-electron chi connectivity index (χ0n) is 15.7. The largest absolute Gasteiger partial charge is 0.468 e. The van der Waals surface area contributed by atoms with Gasteiger partial charge >= 0.3 is 5.97 Å². The summed E-state index contributed by atoms with van der Waals surface area (Å²) in [6, 6.07) is 11.7. The number of nitrogens with one attached hydrogen (secondary N) is 1. The summed E-state index contributed by atoms with van der Waals surface area (Å²) in [6.45, 7) is 0. The lowest BCUT2D eigenvalue weighted by atomic mass is 10.1. The van der Waals surface area contributed by atoms with E-state index in [1.807, 2.05) is 12.1 Å². The van der Waals surface area contributed by atoms with E-state index in [9.17, 15) is 9.59 Å². The molecule has 2 aromatic carbocycles. The fourth-order valence-electron chi connectivity index (χ4n) is 2.57. The zero-order chi connectivity index (χ0) is 21.0. The summed E-state index contributed by atoms with van der Waals surface area (Å²) in [7, 11) is 1.31. The number of thiocarbonyl (C=S) groups is 1. The van der Waals surface area contributed by atoms with Crippen LogP contribution in [0, 0.1) is 0 Å². The van der Waals surface area contributed by atoms with Crippen LogP contribution in [0.15, 0.2) is 47.4 Å². The number of thioether (sulfide) groups is 1. The third-order valence-electron chi connectivity index (χ3n) is 4.02. The van der Waals surface area contributed by atoms with Crippen LogP contribution in [0.4, 0.5) is 0 Å². The molecule has 1 aliphatic heterocycles. The van der Waals surface area contributed by atoms with Gasteiger partial charge in [0.25, 0.3) is 5.91 Å². The van der Waals surface area contributed by atoms with Gasteiger partial charge in [-0.15, -0.1) is 12.4 Å². The van der Waals surface area contributed by atoms with Crippen molar-refractivity contribution >= 4 is 70.3 Å². The first-order valence-corrected chi connectivity index (χ1v) is 10.1. The van der Waals surface area contributed by atoms with E-state index in [0.717, 1.165) is 5.56 Å². The van der Waals surface area contributed by atoms with E-state index in [2.05, 4.69) is 10.1 Å². The predicted octanol–water partition coefficient (Wildman–Crippen LogP) is 4.09. The molecule has 0 aliphatic carbocycles. The number of amides is 1. The Balaban J connectivity index is 0.00000320. The maximum absolute atomic E-state index is 11.8. The van der Waals surface area contributed by atoms with Crippen LogP contribution in [0.1, 0.15) is 11.1 Å². The third kappa shape index (κ3) is 6.20. The van der Waals surface area contributed by atoms with Crippen molar-refractivity contribution in [2.45, 2.75) is 12.5 Å². The zero-order valence-corrected chi connectivity index (χ0v) is 18.9. The minimum absolute atomic E-state index is 0. The lowest BCUT2D eigenvalue weighted by Crippen LogP contribution is -2.33. The number of carbonyl (C=O) groups is 2. The van der Waals surface area contributed by atoms with Crippen LogP contribution in [-0.4, -0.2) is 29.3 Å². The molecule has 2 aromatic rings. The maximum atomic E-state index is 11.8. The van der Waals surface area contributed by atoms with E-state index >= 15 is 0 Å². The maximum Gasteiger partial charge on any atom is 0.322 e. The summed E-state index contributed by atoms with van der Waals surface area (Å²) >= 11 is 12.5. The molecule has 1 heterocycles. The summed E-state index contributed by atoms with van der Waals surface area (Å²) in [6.07, 6.45) is 2.06. The van der Waals surface area contributed by atoms with Crippen molar-refractivity contribution in [1.82, 2.24) is 5.32 Å². The standard InChI is InChI=1S/C20H17ClN2O4S2.ClH/c1-26-19(25)16(22)8-11-2-5-13(6-3-11)27-14-7-4-12(15(21)10-14)9-17-18(24)23-20(28)29-17;/h2-7,9-10,16H,8,22H2,1H3,(H,23,24,28);1H/t16-;/m0./s1. The van der Waals surface area contributed by atoms with Crippen LogP contribution in [-0.2, 0) is 20.7 Å². The first-order chi connectivity index (χ1) is 13.9. The predicted molar refractivity (Wildman–Crippen MR) is 125 cm³/mol. The molecule has 1 amide bonds. The highest BCUT2D eigenvalue weighted by Gasteiger charge is 2.22. The normalized spacial score (nSPS) is 15.4. The summed E-state index contributed by atoms with van der Waals surface area (Å²) < 4.78 is 10.9. The molecular formula is C20H18Cl2N2O4S2. The quantitative estimate of drug-likeness (QED) is 0.362. The van der Waals surface area contributed by atoms with Gasteiger partial charge in [-0.3, -0.25) is 9.59 Å². The number of ether oxygens (including phenoxy) is 2. The van der Waals surface area contributed by atoms with E-state index in [1.54, 1.807) is 36.4 Å². The van der Waals surface area contributed by atoms with Gasteiger partial charge in [-0.2, -0.15) is 0 Å². The number of carbonyl (C=O) groups excluding carboxylic acids is 2. The van der Waals surface area contributed by atoms with Crippen LogP contribution in [0.2, 0.25) is 5.02 Å². The number of methoxy groups -OCH3 is 1. The van der Waals surface area contributed by atoms with Crippen LogP contribution in [0.5, 0.6) is 11.5 Å². The minimum atomic E-state index is -0.707. The minimum Gasteiger partial charge on any atom is -0.468 e. The van der Waals surface area contributed by atoms with E-state index < -0.39 is 12.0 Å². The van der Waals surface area contributed by atoms with Gasteiger partial charge < -0.3 is 20.5 Å². The molecule has 30 heavy (non-hydrogen) atoms. The van der Waals surface area contributed by atoms with Crippen LogP contribution < -0.4 is 15.8 Å². The number of halogens is 2. The molecule has 6 nitrogen and oxygen atoms in total. The molecule has 158 valence electrons. The highest BCUT2D eigenvalue weighted by Crippen LogP contribution is 2.31. The fraction of sp³-hybridized carbons (Fsp3) is 0.150. The summed E-state index contributed by atoms with van der Waals surface area (Å²) in [4.78, 5) is 23.7. The molecule has 3 rings (SSSR count). The first kappa shape index (κ1) is 24.2. The Labute approximate surface area is 194 Å². The second kappa shape index (κ2) is 10.8. The van der Waals surface area contributed by atoms with Gasteiger partial charge in [-0.05, 0) is 54.0 Å². The lowest BCUT2D eigenvalue weighted by molar-refractivity contribution is -0.142. The number of esters is 1. The van der Waals surface area contributed by atoms with E-state index in [4.69, 9.17) is 34.3 Å². The van der Waals surface area contributed by atoms with Crippen LogP contribution >= 0.6 is 48.0 Å². The van der Waals surface area contributed by atoms with Gasteiger partial charge in [-0.1, -0.05) is 47.7 Å². The molecule has 0 unspecified atom stereocenters. The molecule has 3 N–H and O–H groups in total. The Bertz CT molecular complexity index is 997. The molecular weight excluding hydrogens is 467 g/mol. The van der Waals surface area contributed by atoms with Crippen molar-refractivity contribution in [3.8, 4) is 11.5 Å². The van der Waals surface area contributed by atoms with Crippen molar-refractivity contribution in [2.24, 2.45) is 5.73 Å². The fourth-order valence-corrected chi connectivity index (χ4v) is 3.83. The molecule has 0 aromatic heterocycles. The van der Waals surface area contributed by atoms with Gasteiger partial charge in [-0.25, -0.2) is 0 Å². The molecule has 1 fully saturated rings. The van der Waals surface area contributed by atoms with E-state index in [0.29, 0.717) is 37.7 Å². The SMILES string of the molecule is COC(=O)[C@@H](N)Cc1ccc(Oc2ccc(C=C3SC(=S)NC3=O)c(Cl)c2)cc1.Cl. The molecule has 1 aliphatic rings. The summed E-state index contributed by atoms with van der Waals surface area (Å²) in [5.41, 5.74) is 7.35. The van der Waals surface area contributed by atoms with Crippen LogP contribution in [0.3, 0.4) is 0 Å². The first-order valence-electron chi connectivity index (χ1n) is 8.50. The Morgan fingerprint density at radius 2 is 1.93 bits per heavy atom. The van der Waals surface area contributed by atoms with Gasteiger partial charge in [0.05, 0.1) is 17.0 Å². The molecule has 0 saturated carbocycles. The van der Waals surface area contributed by atoms with Gasteiger partial charge in [0.15, 0.2) is 0 Å². The van der Waals surface area contributed by atoms with Crippen molar-refractivity contribution < 1.29 is 19.1 Å². The lowest BCUT2D eigenvalue weighted by Gasteiger charge is -2.11. The number of rotatable bonds is 6. The van der Waals surface area contributed by atoms with Crippen molar-refractivity contribution in [3.63, 3.8) is 0 Å². The van der Waals surface area contributed by atoms with Gasteiger partial charge in [0.1, 0.15) is 21.9 Å². The van der Waals surface area contributed by atoms with Crippen LogP contribution in [0.25, 0.3) is 6.08 Å². The van der Waals surface area contributed by atoms with E-state index in [1.165, 1.54) is 18.9 Å². The average Bonchev–Trinajstić information content (AvgIpc) is 3.01. The van der Waals surface area contributed by atoms with E-state index in [-0.39, 0.29) is 18.3 Å². The molecule has 1 atom stereocenters. The highest BCUT2D eigenvalue weighted by atomic mass is 35.5. The smallest absolute Gasteiger partial charge is 0.322 e. The summed E-state index contributed by atoms with van der Waals surface area (Å²) in [5.74, 6) is 0.475. The number of nitrogens with two attached hydrogens (primary N) is 1. The van der Waals surface area contributed by atoms with Gasteiger partial charge in [0, 0.05) is 0 Å². The van der Waals surface area contributed by atoms with Crippen molar-refractivity contribution in [1.29, 1.82) is 0 Å². The average molecular weight is 485 g/mol.